The number of aromatic carboxylic acids is 1. The van der Waals surface area contributed by atoms with E-state index < -0.39 is 28.6 Å². The number of rotatable bonds is 6. The number of halogens is 2. The first-order valence-electron chi connectivity index (χ1n) is 12.6. The van der Waals surface area contributed by atoms with E-state index in [1.165, 1.54) is 16.9 Å². The lowest BCUT2D eigenvalue weighted by Gasteiger charge is -2.39. The topological polar surface area (TPSA) is 142 Å². The van der Waals surface area contributed by atoms with E-state index in [2.05, 4.69) is 5.32 Å². The number of hydrogen-bond donors (Lipinski definition) is 3. The van der Waals surface area contributed by atoms with Gasteiger partial charge >= 0.3 is 5.97 Å². The number of carboxylic acid groups (broad SMARTS) is 1. The number of nitrogens with one attached hydrogen (secondary N) is 1. The average Bonchev–Trinajstić information content (AvgIpc) is 2.87. The molecule has 1 fully saturated rings. The highest BCUT2D eigenvalue weighted by Crippen LogP contribution is 2.40. The molecule has 2 aliphatic rings. The maximum atomic E-state index is 15.5. The molecule has 0 radical (unpaired) electrons. The average molecular weight is 559 g/mol. The number of amides is 1. The van der Waals surface area contributed by atoms with Gasteiger partial charge in [0.1, 0.15) is 22.6 Å². The molecule has 13 heteroatoms. The lowest BCUT2D eigenvalue weighted by Crippen LogP contribution is -2.47. The third kappa shape index (κ3) is 5.11. The first kappa shape index (κ1) is 28.6. The van der Waals surface area contributed by atoms with Gasteiger partial charge in [-0.25, -0.2) is 13.6 Å². The van der Waals surface area contributed by atoms with Gasteiger partial charge in [-0.05, 0) is 30.2 Å². The Bertz CT molecular complexity index is 1530. The highest BCUT2D eigenvalue weighted by molar-refractivity contribution is 5.97. The van der Waals surface area contributed by atoms with Gasteiger partial charge in [0.05, 0.1) is 11.1 Å². The number of anilines is 3. The van der Waals surface area contributed by atoms with Crippen LogP contribution in [0.15, 0.2) is 35.3 Å². The molecule has 0 unspecified atom stereocenters. The van der Waals surface area contributed by atoms with E-state index in [0.717, 1.165) is 6.07 Å². The number of ether oxygens (including phenoxy) is 1. The van der Waals surface area contributed by atoms with Crippen molar-refractivity contribution >= 4 is 39.8 Å². The van der Waals surface area contributed by atoms with Crippen LogP contribution in [0.1, 0.15) is 30.6 Å². The van der Waals surface area contributed by atoms with Gasteiger partial charge < -0.3 is 31.1 Å². The largest absolute Gasteiger partial charge is 0.477 e. The van der Waals surface area contributed by atoms with Crippen LogP contribution in [0.2, 0.25) is 0 Å². The number of piperazine rings is 1. The highest BCUT2D eigenvalue weighted by Gasteiger charge is 2.31. The third-order valence-electron chi connectivity index (χ3n) is 6.91. The number of hydrogen-bond acceptors (Lipinski definition) is 8. The van der Waals surface area contributed by atoms with Gasteiger partial charge in [-0.15, -0.1) is 0 Å². The van der Waals surface area contributed by atoms with Crippen LogP contribution in [-0.4, -0.2) is 61.6 Å². The molecule has 2 aliphatic heterocycles. The van der Waals surface area contributed by atoms with Crippen LogP contribution in [0, 0.1) is 17.6 Å². The Morgan fingerprint density at radius 1 is 1.07 bits per heavy atom. The van der Waals surface area contributed by atoms with Crippen LogP contribution in [0.4, 0.5) is 25.8 Å². The molecule has 5 rings (SSSR count). The molecule has 5 N–H and O–H groups in total. The summed E-state index contributed by atoms with van der Waals surface area (Å²) in [4.78, 5) is 40.1. The van der Waals surface area contributed by atoms with Crippen molar-refractivity contribution < 1.29 is 28.2 Å². The van der Waals surface area contributed by atoms with Crippen molar-refractivity contribution in [3.05, 3.63) is 57.9 Å². The number of carboxylic acids is 1. The molecule has 3 heterocycles. The molecule has 0 spiro atoms. The van der Waals surface area contributed by atoms with Gasteiger partial charge in [-0.1, -0.05) is 13.8 Å². The molecular weight excluding hydrogens is 526 g/mol. The van der Waals surface area contributed by atoms with Crippen LogP contribution in [-0.2, 0) is 4.79 Å². The Balaban J connectivity index is 0.00000370. The zero-order valence-corrected chi connectivity index (χ0v) is 22.5. The Morgan fingerprint density at radius 3 is 2.38 bits per heavy atom. The summed E-state index contributed by atoms with van der Waals surface area (Å²) in [6.07, 6.45) is 1.56. The van der Waals surface area contributed by atoms with Crippen LogP contribution in [0.5, 0.6) is 5.75 Å². The first-order chi connectivity index (χ1) is 18.5. The van der Waals surface area contributed by atoms with E-state index in [9.17, 15) is 23.9 Å². The number of aromatic nitrogens is 1. The summed E-state index contributed by atoms with van der Waals surface area (Å²) in [6.45, 7) is 5.35. The van der Waals surface area contributed by atoms with Crippen molar-refractivity contribution in [3.8, 4) is 5.75 Å². The second-order valence-electron chi connectivity index (χ2n) is 10.2. The molecule has 0 bridgehead atoms. The van der Waals surface area contributed by atoms with E-state index in [-0.39, 0.29) is 41.5 Å². The molecule has 0 aliphatic carbocycles. The van der Waals surface area contributed by atoms with Gasteiger partial charge in [-0.3, -0.25) is 19.3 Å². The summed E-state index contributed by atoms with van der Waals surface area (Å²) in [5.41, 5.74) is -0.0188. The van der Waals surface area contributed by atoms with Crippen molar-refractivity contribution in [2.24, 2.45) is 5.92 Å². The molecule has 3 aromatic rings. The minimum Gasteiger partial charge on any atom is -0.477 e. The lowest BCUT2D eigenvalue weighted by molar-refractivity contribution is -0.116. The Labute approximate surface area is 229 Å². The van der Waals surface area contributed by atoms with E-state index in [0.29, 0.717) is 49.5 Å². The molecule has 2 aromatic carbocycles. The van der Waals surface area contributed by atoms with Gasteiger partial charge in [0.2, 0.25) is 11.3 Å². The standard InChI is InChI=1S/C27H29F2N5O5.H3N/c1-15(2)10-22(35)30-16-4-5-21(19(28)11-16)32-6-8-33(9-7-32)24-20(29)12-17-23-26(24)39-14-31(3)34(23)13-18(25(17)36)27(37)38;/h4-5,11-13,15H,6-10,14H2,1-3H3,(H,30,35)(H,37,38);1H3. The van der Waals surface area contributed by atoms with Crippen LogP contribution >= 0.6 is 0 Å². The first-order valence-corrected chi connectivity index (χ1v) is 12.6. The molecule has 40 heavy (non-hydrogen) atoms. The smallest absolute Gasteiger partial charge is 0.341 e. The van der Waals surface area contributed by atoms with Crippen LogP contribution in [0.3, 0.4) is 0 Å². The molecular formula is C27H32F2N6O5. The van der Waals surface area contributed by atoms with E-state index in [1.54, 1.807) is 29.1 Å². The highest BCUT2D eigenvalue weighted by atomic mass is 19.1. The van der Waals surface area contributed by atoms with Crippen molar-refractivity contribution in [2.45, 2.75) is 20.3 Å². The lowest BCUT2D eigenvalue weighted by atomic mass is 10.1. The quantitative estimate of drug-likeness (QED) is 0.415. The molecule has 214 valence electrons. The fraction of sp³-hybridized carbons (Fsp3) is 0.370. The van der Waals surface area contributed by atoms with E-state index in [4.69, 9.17) is 4.74 Å². The molecule has 0 atom stereocenters. The van der Waals surface area contributed by atoms with Crippen molar-refractivity contribution in [3.63, 3.8) is 0 Å². The number of carbonyl (C=O) groups excluding carboxylic acids is 1. The molecule has 11 nitrogen and oxygen atoms in total. The normalized spacial score (nSPS) is 14.7. The molecule has 1 saturated heterocycles. The number of carbonyl (C=O) groups is 2. The summed E-state index contributed by atoms with van der Waals surface area (Å²) in [5.74, 6) is -2.39. The van der Waals surface area contributed by atoms with E-state index in [1.807, 2.05) is 18.7 Å². The fourth-order valence-corrected chi connectivity index (χ4v) is 5.07. The number of pyridine rings is 1. The molecule has 0 saturated carbocycles. The van der Waals surface area contributed by atoms with Crippen molar-refractivity contribution in [1.29, 1.82) is 0 Å². The summed E-state index contributed by atoms with van der Waals surface area (Å²) in [5, 5.41) is 13.7. The zero-order valence-electron chi connectivity index (χ0n) is 22.5. The fourth-order valence-electron chi connectivity index (χ4n) is 5.07. The molecule has 1 amide bonds. The summed E-state index contributed by atoms with van der Waals surface area (Å²) in [7, 11) is 1.66. The van der Waals surface area contributed by atoms with Gasteiger partial charge in [-0.2, -0.15) is 0 Å². The zero-order chi connectivity index (χ0) is 28.0. The summed E-state index contributed by atoms with van der Waals surface area (Å²) in [6, 6.07) is 5.63. The minimum atomic E-state index is -1.40. The summed E-state index contributed by atoms with van der Waals surface area (Å²) < 4.78 is 37.8. The maximum absolute atomic E-state index is 15.5. The minimum absolute atomic E-state index is 0. The monoisotopic (exact) mass is 558 g/mol. The Morgan fingerprint density at radius 2 is 1.75 bits per heavy atom. The van der Waals surface area contributed by atoms with Gasteiger partial charge in [0.15, 0.2) is 18.3 Å². The van der Waals surface area contributed by atoms with Crippen LogP contribution < -0.4 is 36.4 Å². The van der Waals surface area contributed by atoms with Crippen LogP contribution in [0.25, 0.3) is 10.9 Å². The van der Waals surface area contributed by atoms with Crippen molar-refractivity contribution in [2.75, 3.05) is 60.1 Å². The Kier molecular flexibility index (Phi) is 7.87. The maximum Gasteiger partial charge on any atom is 0.341 e. The summed E-state index contributed by atoms with van der Waals surface area (Å²) >= 11 is 0. The predicted octanol–water partition coefficient (Wildman–Crippen LogP) is 3.37. The SMILES string of the molecule is CC(C)CC(=O)Nc1ccc(N2CCN(c3c(F)cc4c(=O)c(C(=O)O)cn5c4c3OCN5C)CC2)c(F)c1.N. The molecule has 1 aromatic heterocycles. The second kappa shape index (κ2) is 11.0. The number of benzene rings is 2. The predicted molar refractivity (Wildman–Crippen MR) is 149 cm³/mol. The number of nitrogens with zero attached hydrogens (tertiary/aromatic N) is 4. The third-order valence-corrected chi connectivity index (χ3v) is 6.91. The van der Waals surface area contributed by atoms with E-state index >= 15 is 4.39 Å². The van der Waals surface area contributed by atoms with Gasteiger partial charge in [0.25, 0.3) is 0 Å². The van der Waals surface area contributed by atoms with Crippen molar-refractivity contribution in [1.82, 2.24) is 10.8 Å². The Hall–Kier alpha value is -4.39. The van der Waals surface area contributed by atoms with Gasteiger partial charge in [0, 0.05) is 51.5 Å². The second-order valence-corrected chi connectivity index (χ2v) is 10.2.